The molecule has 132 valence electrons. The Bertz CT molecular complexity index is 686. The summed E-state index contributed by atoms with van der Waals surface area (Å²) in [7, 11) is 0. The van der Waals surface area contributed by atoms with Gasteiger partial charge in [0.05, 0.1) is 11.4 Å². The molecule has 0 saturated heterocycles. The highest BCUT2D eigenvalue weighted by Crippen LogP contribution is 2.47. The fourth-order valence-electron chi connectivity index (χ4n) is 3.18. The van der Waals surface area contributed by atoms with Crippen molar-refractivity contribution in [3.05, 3.63) is 48.5 Å². The first-order chi connectivity index (χ1) is 12.2. The molecule has 0 bridgehead atoms. The van der Waals surface area contributed by atoms with E-state index >= 15 is 0 Å². The largest absolute Gasteiger partial charge is 0.337 e. The summed E-state index contributed by atoms with van der Waals surface area (Å²) >= 11 is 1.72. The minimum atomic E-state index is -0.0323. The number of nitrogens with zero attached hydrogens (tertiary/aromatic N) is 1. The number of carbonyl (C=O) groups excluding carboxylic acids is 1. The lowest BCUT2D eigenvalue weighted by Gasteiger charge is -2.31. The molecule has 4 heteroatoms. The van der Waals surface area contributed by atoms with Crippen molar-refractivity contribution in [3.8, 4) is 0 Å². The van der Waals surface area contributed by atoms with Crippen LogP contribution in [0.2, 0.25) is 0 Å². The highest BCUT2D eigenvalue weighted by molar-refractivity contribution is 7.99. The summed E-state index contributed by atoms with van der Waals surface area (Å²) in [5.41, 5.74) is 1.93. The summed E-state index contributed by atoms with van der Waals surface area (Å²) in [5.74, 6) is 0.550. The Kier molecular flexibility index (Phi) is 6.03. The number of unbranched alkanes of at least 4 members (excludes halogenated alkanes) is 1. The van der Waals surface area contributed by atoms with Gasteiger partial charge in [0, 0.05) is 16.3 Å². The number of anilines is 2. The van der Waals surface area contributed by atoms with Crippen molar-refractivity contribution in [2.45, 2.75) is 49.3 Å². The van der Waals surface area contributed by atoms with E-state index in [1.165, 1.54) is 19.3 Å². The fraction of sp³-hybridized carbons (Fsp3) is 0.381. The van der Waals surface area contributed by atoms with E-state index in [4.69, 9.17) is 0 Å². The molecule has 1 aliphatic heterocycles. The number of para-hydroxylation sites is 2. The predicted molar refractivity (Wildman–Crippen MR) is 106 cm³/mol. The second-order valence-corrected chi connectivity index (χ2v) is 7.56. The van der Waals surface area contributed by atoms with E-state index in [1.54, 1.807) is 11.8 Å². The second kappa shape index (κ2) is 8.43. The molecule has 3 nitrogen and oxygen atoms in total. The van der Waals surface area contributed by atoms with Crippen LogP contribution in [-0.2, 0) is 0 Å². The van der Waals surface area contributed by atoms with E-state index in [2.05, 4.69) is 31.3 Å². The number of carbonyl (C=O) groups is 1. The van der Waals surface area contributed by atoms with E-state index in [0.29, 0.717) is 5.92 Å². The number of urea groups is 1. The standard InChI is InChI=1S/C21H26N2OS/c1-3-5-10-16(4-2)15-22-21(24)23-17-11-6-8-13-19(17)25-20-14-9-7-12-18(20)23/h6-9,11-14,16H,3-5,10,15H2,1-2H3,(H,22,24)/t16-/m0/s1. The Morgan fingerprint density at radius 2 is 1.64 bits per heavy atom. The van der Waals surface area contributed by atoms with Crippen molar-refractivity contribution in [3.63, 3.8) is 0 Å². The molecule has 25 heavy (non-hydrogen) atoms. The van der Waals surface area contributed by atoms with Crippen molar-refractivity contribution in [2.24, 2.45) is 5.92 Å². The van der Waals surface area contributed by atoms with Crippen LogP contribution in [0.4, 0.5) is 16.2 Å². The van der Waals surface area contributed by atoms with Crippen LogP contribution in [0, 0.1) is 5.92 Å². The van der Waals surface area contributed by atoms with Crippen molar-refractivity contribution >= 4 is 29.2 Å². The Labute approximate surface area is 154 Å². The Balaban J connectivity index is 1.80. The molecule has 0 saturated carbocycles. The van der Waals surface area contributed by atoms with Crippen molar-refractivity contribution in [1.29, 1.82) is 0 Å². The lowest BCUT2D eigenvalue weighted by molar-refractivity contribution is 0.245. The number of fused-ring (bicyclic) bond motifs is 2. The zero-order valence-corrected chi connectivity index (χ0v) is 15.8. The topological polar surface area (TPSA) is 32.3 Å². The predicted octanol–water partition coefficient (Wildman–Crippen LogP) is 6.22. The van der Waals surface area contributed by atoms with Crippen LogP contribution in [0.15, 0.2) is 58.3 Å². The molecular formula is C21H26N2OS. The van der Waals surface area contributed by atoms with Crippen molar-refractivity contribution in [1.82, 2.24) is 5.32 Å². The van der Waals surface area contributed by atoms with E-state index < -0.39 is 0 Å². The molecule has 0 spiro atoms. The molecule has 0 fully saturated rings. The normalized spacial score (nSPS) is 13.8. The molecule has 2 aromatic rings. The van der Waals surface area contributed by atoms with Gasteiger partial charge in [0.2, 0.25) is 0 Å². The number of amides is 2. The summed E-state index contributed by atoms with van der Waals surface area (Å²) in [4.78, 5) is 17.1. The molecule has 2 aromatic carbocycles. The van der Waals surface area contributed by atoms with Gasteiger partial charge in [-0.05, 0) is 36.6 Å². The zero-order chi connectivity index (χ0) is 17.6. The molecule has 1 heterocycles. The van der Waals surface area contributed by atoms with Crippen LogP contribution in [0.1, 0.15) is 39.5 Å². The minimum Gasteiger partial charge on any atom is -0.337 e. The average Bonchev–Trinajstić information content (AvgIpc) is 2.66. The van der Waals surface area contributed by atoms with Crippen LogP contribution >= 0.6 is 11.8 Å². The Morgan fingerprint density at radius 1 is 1.04 bits per heavy atom. The summed E-state index contributed by atoms with van der Waals surface area (Å²) in [6.07, 6.45) is 4.70. The van der Waals surface area contributed by atoms with Gasteiger partial charge in [0.1, 0.15) is 0 Å². The van der Waals surface area contributed by atoms with Gasteiger partial charge in [0.15, 0.2) is 0 Å². The van der Waals surface area contributed by atoms with Gasteiger partial charge in [-0.25, -0.2) is 4.79 Å². The monoisotopic (exact) mass is 354 g/mol. The van der Waals surface area contributed by atoms with E-state index in [-0.39, 0.29) is 6.03 Å². The van der Waals surface area contributed by atoms with Crippen LogP contribution in [0.5, 0.6) is 0 Å². The molecule has 1 aliphatic rings. The van der Waals surface area contributed by atoms with E-state index in [9.17, 15) is 4.79 Å². The lowest BCUT2D eigenvalue weighted by Crippen LogP contribution is -2.40. The zero-order valence-electron chi connectivity index (χ0n) is 15.0. The van der Waals surface area contributed by atoms with Gasteiger partial charge in [-0.15, -0.1) is 0 Å². The maximum absolute atomic E-state index is 13.0. The molecule has 3 rings (SSSR count). The average molecular weight is 355 g/mol. The first-order valence-electron chi connectivity index (χ1n) is 9.18. The van der Waals surface area contributed by atoms with Gasteiger partial charge >= 0.3 is 6.03 Å². The Morgan fingerprint density at radius 3 is 2.20 bits per heavy atom. The van der Waals surface area contributed by atoms with Crippen molar-refractivity contribution in [2.75, 3.05) is 11.4 Å². The first kappa shape index (κ1) is 17.9. The number of benzene rings is 2. The number of hydrogen-bond donors (Lipinski definition) is 1. The SMILES string of the molecule is CCCC[C@H](CC)CNC(=O)N1c2ccccc2Sc2ccccc21. The van der Waals surface area contributed by atoms with Crippen LogP contribution in [-0.4, -0.2) is 12.6 Å². The summed E-state index contributed by atoms with van der Waals surface area (Å²) in [6.45, 7) is 5.16. The molecule has 0 radical (unpaired) electrons. The number of nitrogens with one attached hydrogen (secondary N) is 1. The maximum atomic E-state index is 13.0. The maximum Gasteiger partial charge on any atom is 0.326 e. The molecule has 0 aromatic heterocycles. The van der Waals surface area contributed by atoms with E-state index in [0.717, 1.165) is 34.1 Å². The molecule has 0 aliphatic carbocycles. The molecular weight excluding hydrogens is 328 g/mol. The second-order valence-electron chi connectivity index (χ2n) is 6.48. The summed E-state index contributed by atoms with van der Waals surface area (Å²) in [6, 6.07) is 16.2. The summed E-state index contributed by atoms with van der Waals surface area (Å²) < 4.78 is 0. The molecule has 1 N–H and O–H groups in total. The number of rotatable bonds is 6. The third-order valence-electron chi connectivity index (χ3n) is 4.72. The van der Waals surface area contributed by atoms with Gasteiger partial charge in [0.25, 0.3) is 0 Å². The first-order valence-corrected chi connectivity index (χ1v) is 10.00. The molecule has 1 atom stereocenters. The van der Waals surface area contributed by atoms with Gasteiger partial charge in [-0.1, -0.05) is 69.1 Å². The minimum absolute atomic E-state index is 0.0323. The van der Waals surface area contributed by atoms with Crippen LogP contribution in [0.25, 0.3) is 0 Å². The quantitative estimate of drug-likeness (QED) is 0.668. The van der Waals surface area contributed by atoms with Gasteiger partial charge in [-0.2, -0.15) is 0 Å². The third-order valence-corrected chi connectivity index (χ3v) is 5.85. The fourth-order valence-corrected chi connectivity index (χ4v) is 4.24. The summed E-state index contributed by atoms with van der Waals surface area (Å²) in [5, 5.41) is 3.17. The highest BCUT2D eigenvalue weighted by Gasteiger charge is 2.27. The Hall–Kier alpha value is -1.94. The van der Waals surface area contributed by atoms with Crippen molar-refractivity contribution < 1.29 is 4.79 Å². The highest BCUT2D eigenvalue weighted by atomic mass is 32.2. The van der Waals surface area contributed by atoms with Gasteiger partial charge in [-0.3, -0.25) is 4.90 Å². The smallest absolute Gasteiger partial charge is 0.326 e. The molecule has 2 amide bonds. The van der Waals surface area contributed by atoms with E-state index in [1.807, 2.05) is 41.3 Å². The van der Waals surface area contributed by atoms with Gasteiger partial charge < -0.3 is 5.32 Å². The number of hydrogen-bond acceptors (Lipinski definition) is 2. The van der Waals surface area contributed by atoms with Crippen LogP contribution in [0.3, 0.4) is 0 Å². The third kappa shape index (κ3) is 4.01. The molecule has 0 unspecified atom stereocenters. The lowest BCUT2D eigenvalue weighted by atomic mass is 9.99. The van der Waals surface area contributed by atoms with Crippen LogP contribution < -0.4 is 10.2 Å².